The van der Waals surface area contributed by atoms with Crippen molar-refractivity contribution in [2.75, 3.05) is 26.2 Å². The van der Waals surface area contributed by atoms with E-state index < -0.39 is 0 Å². The van der Waals surface area contributed by atoms with Crippen LogP contribution in [0.2, 0.25) is 0 Å². The second kappa shape index (κ2) is 11.4. The number of aryl methyl sites for hydroxylation is 1. The lowest BCUT2D eigenvalue weighted by molar-refractivity contribution is -0.132. The molecule has 160 valence electrons. The molecule has 0 aliphatic carbocycles. The zero-order valence-corrected chi connectivity index (χ0v) is 17.8. The molecule has 0 saturated carbocycles. The quantitative estimate of drug-likeness (QED) is 0.680. The van der Waals surface area contributed by atoms with Crippen LogP contribution in [0.1, 0.15) is 48.5 Å². The summed E-state index contributed by atoms with van der Waals surface area (Å²) in [5.74, 6) is 1.59. The number of benzene rings is 2. The van der Waals surface area contributed by atoms with E-state index in [1.54, 1.807) is 12.1 Å². The van der Waals surface area contributed by atoms with Crippen molar-refractivity contribution in [3.8, 4) is 5.75 Å². The molecule has 1 fully saturated rings. The number of carbonyl (C=O) groups excluding carboxylic acids is 2. The Labute approximate surface area is 179 Å². The van der Waals surface area contributed by atoms with E-state index in [1.807, 2.05) is 42.2 Å². The maximum atomic E-state index is 12.5. The SMILES string of the molecule is CCOc1ccc(CCC2CCN(C(=O)CCNC(=O)c3ccccc3)CC2)cc1. The summed E-state index contributed by atoms with van der Waals surface area (Å²) in [6, 6.07) is 17.5. The molecule has 1 heterocycles. The zero-order chi connectivity index (χ0) is 21.2. The van der Waals surface area contributed by atoms with Crippen LogP contribution in [-0.2, 0) is 11.2 Å². The first-order chi connectivity index (χ1) is 14.7. The number of amides is 2. The molecule has 2 aromatic carbocycles. The summed E-state index contributed by atoms with van der Waals surface area (Å²) < 4.78 is 5.49. The van der Waals surface area contributed by atoms with Gasteiger partial charge >= 0.3 is 0 Å². The maximum absolute atomic E-state index is 12.5. The van der Waals surface area contributed by atoms with Crippen LogP contribution in [0.15, 0.2) is 54.6 Å². The predicted molar refractivity (Wildman–Crippen MR) is 119 cm³/mol. The van der Waals surface area contributed by atoms with Gasteiger partial charge in [0.2, 0.25) is 5.91 Å². The van der Waals surface area contributed by atoms with Crippen molar-refractivity contribution in [2.45, 2.75) is 39.0 Å². The van der Waals surface area contributed by atoms with Gasteiger partial charge in [0.25, 0.3) is 5.91 Å². The van der Waals surface area contributed by atoms with Gasteiger partial charge in [-0.05, 0) is 68.4 Å². The Balaban J connectivity index is 1.32. The van der Waals surface area contributed by atoms with Crippen molar-refractivity contribution >= 4 is 11.8 Å². The van der Waals surface area contributed by atoms with E-state index in [0.717, 1.165) is 44.5 Å². The van der Waals surface area contributed by atoms with Crippen LogP contribution in [0.3, 0.4) is 0 Å². The minimum atomic E-state index is -0.128. The molecule has 5 heteroatoms. The van der Waals surface area contributed by atoms with Crippen LogP contribution >= 0.6 is 0 Å². The summed E-state index contributed by atoms with van der Waals surface area (Å²) >= 11 is 0. The Hall–Kier alpha value is -2.82. The van der Waals surface area contributed by atoms with Gasteiger partial charge in [-0.25, -0.2) is 0 Å². The molecule has 30 heavy (non-hydrogen) atoms. The molecule has 1 aliphatic heterocycles. The highest BCUT2D eigenvalue weighted by Gasteiger charge is 2.22. The molecule has 0 spiro atoms. The van der Waals surface area contributed by atoms with Gasteiger partial charge in [-0.1, -0.05) is 30.3 Å². The summed E-state index contributed by atoms with van der Waals surface area (Å²) in [4.78, 5) is 26.4. The normalized spacial score (nSPS) is 14.4. The molecule has 1 N–H and O–H groups in total. The van der Waals surface area contributed by atoms with Gasteiger partial charge < -0.3 is 15.0 Å². The third-order valence-electron chi connectivity index (χ3n) is 5.70. The van der Waals surface area contributed by atoms with Crippen molar-refractivity contribution in [1.82, 2.24) is 10.2 Å². The van der Waals surface area contributed by atoms with Crippen LogP contribution < -0.4 is 10.1 Å². The highest BCUT2D eigenvalue weighted by molar-refractivity contribution is 5.94. The number of ether oxygens (including phenoxy) is 1. The number of carbonyl (C=O) groups is 2. The Bertz CT molecular complexity index is 797. The van der Waals surface area contributed by atoms with Crippen LogP contribution in [0.4, 0.5) is 0 Å². The van der Waals surface area contributed by atoms with Crippen molar-refractivity contribution in [1.29, 1.82) is 0 Å². The zero-order valence-electron chi connectivity index (χ0n) is 17.8. The van der Waals surface area contributed by atoms with E-state index in [-0.39, 0.29) is 11.8 Å². The number of hydrogen-bond donors (Lipinski definition) is 1. The third kappa shape index (κ3) is 6.61. The lowest BCUT2D eigenvalue weighted by atomic mass is 9.90. The van der Waals surface area contributed by atoms with Crippen LogP contribution in [0.25, 0.3) is 0 Å². The van der Waals surface area contributed by atoms with E-state index in [1.165, 1.54) is 5.56 Å². The first-order valence-electron chi connectivity index (χ1n) is 11.0. The molecular formula is C25H32N2O3. The molecule has 0 radical (unpaired) electrons. The molecule has 0 bridgehead atoms. The second-order valence-corrected chi connectivity index (χ2v) is 7.81. The van der Waals surface area contributed by atoms with Crippen molar-refractivity contribution in [3.05, 3.63) is 65.7 Å². The highest BCUT2D eigenvalue weighted by atomic mass is 16.5. The van der Waals surface area contributed by atoms with Gasteiger partial charge in [-0.2, -0.15) is 0 Å². The van der Waals surface area contributed by atoms with Gasteiger partial charge in [0, 0.05) is 31.6 Å². The highest BCUT2D eigenvalue weighted by Crippen LogP contribution is 2.23. The Morgan fingerprint density at radius 2 is 1.73 bits per heavy atom. The number of rotatable bonds is 9. The van der Waals surface area contributed by atoms with Gasteiger partial charge in [0.15, 0.2) is 0 Å². The van der Waals surface area contributed by atoms with Crippen molar-refractivity contribution in [2.24, 2.45) is 5.92 Å². The maximum Gasteiger partial charge on any atom is 0.251 e. The van der Waals surface area contributed by atoms with Gasteiger partial charge in [-0.15, -0.1) is 0 Å². The average Bonchev–Trinajstić information content (AvgIpc) is 2.79. The summed E-state index contributed by atoms with van der Waals surface area (Å²) in [6.45, 7) is 4.70. The lowest BCUT2D eigenvalue weighted by Crippen LogP contribution is -2.40. The summed E-state index contributed by atoms with van der Waals surface area (Å²) in [5.41, 5.74) is 1.96. The summed E-state index contributed by atoms with van der Waals surface area (Å²) in [7, 11) is 0. The van der Waals surface area contributed by atoms with E-state index in [9.17, 15) is 9.59 Å². The predicted octanol–water partition coefficient (Wildman–Crippen LogP) is 4.08. The average molecular weight is 409 g/mol. The topological polar surface area (TPSA) is 58.6 Å². The fraction of sp³-hybridized carbons (Fsp3) is 0.440. The fourth-order valence-corrected chi connectivity index (χ4v) is 3.89. The number of hydrogen-bond acceptors (Lipinski definition) is 3. The Kier molecular flexibility index (Phi) is 8.30. The molecule has 2 aromatic rings. The first-order valence-corrected chi connectivity index (χ1v) is 11.0. The van der Waals surface area contributed by atoms with Crippen LogP contribution in [0, 0.1) is 5.92 Å². The molecule has 0 atom stereocenters. The van der Waals surface area contributed by atoms with Crippen LogP contribution in [-0.4, -0.2) is 43.0 Å². The largest absolute Gasteiger partial charge is 0.494 e. The van der Waals surface area contributed by atoms with E-state index in [2.05, 4.69) is 17.4 Å². The molecule has 5 nitrogen and oxygen atoms in total. The van der Waals surface area contributed by atoms with E-state index in [4.69, 9.17) is 4.74 Å². The summed E-state index contributed by atoms with van der Waals surface area (Å²) in [5, 5.41) is 2.83. The molecule has 0 unspecified atom stereocenters. The van der Waals surface area contributed by atoms with E-state index >= 15 is 0 Å². The van der Waals surface area contributed by atoms with Crippen molar-refractivity contribution < 1.29 is 14.3 Å². The van der Waals surface area contributed by atoms with Crippen LogP contribution in [0.5, 0.6) is 5.75 Å². The summed E-state index contributed by atoms with van der Waals surface area (Å²) in [6.07, 6.45) is 4.69. The third-order valence-corrected chi connectivity index (χ3v) is 5.70. The number of nitrogens with one attached hydrogen (secondary N) is 1. The molecule has 1 aliphatic rings. The number of nitrogens with zero attached hydrogens (tertiary/aromatic N) is 1. The fourth-order valence-electron chi connectivity index (χ4n) is 3.89. The standard InChI is InChI=1S/C25H32N2O3/c1-2-30-23-12-10-20(11-13-23)8-9-21-15-18-27(19-16-21)24(28)14-17-26-25(29)22-6-4-3-5-7-22/h3-7,10-13,21H,2,8-9,14-19H2,1H3,(H,26,29). The van der Waals surface area contributed by atoms with Gasteiger partial charge in [0.1, 0.15) is 5.75 Å². The Morgan fingerprint density at radius 1 is 1.03 bits per heavy atom. The Morgan fingerprint density at radius 3 is 2.40 bits per heavy atom. The molecular weight excluding hydrogens is 376 g/mol. The number of likely N-dealkylation sites (tertiary alicyclic amines) is 1. The second-order valence-electron chi connectivity index (χ2n) is 7.81. The number of piperidine rings is 1. The minimum absolute atomic E-state index is 0.128. The first kappa shape index (κ1) is 21.9. The molecule has 0 aromatic heterocycles. The van der Waals surface area contributed by atoms with Gasteiger partial charge in [-0.3, -0.25) is 9.59 Å². The monoisotopic (exact) mass is 408 g/mol. The smallest absolute Gasteiger partial charge is 0.251 e. The lowest BCUT2D eigenvalue weighted by Gasteiger charge is -2.32. The minimum Gasteiger partial charge on any atom is -0.494 e. The molecule has 3 rings (SSSR count). The molecule has 2 amide bonds. The van der Waals surface area contributed by atoms with Crippen molar-refractivity contribution in [3.63, 3.8) is 0 Å². The van der Waals surface area contributed by atoms with E-state index in [0.29, 0.717) is 31.1 Å². The molecule has 1 saturated heterocycles. The van der Waals surface area contributed by atoms with Gasteiger partial charge in [0.05, 0.1) is 6.61 Å².